The molecule has 5 aromatic rings. The van der Waals surface area contributed by atoms with Crippen LogP contribution in [0.25, 0.3) is 21.9 Å². The van der Waals surface area contributed by atoms with Crippen LogP contribution in [0.15, 0.2) is 77.6 Å². The maximum Gasteiger partial charge on any atom is 0.416 e. The Labute approximate surface area is 228 Å². The number of aryl methyl sites for hydroxylation is 1. The molecule has 3 heterocycles. The van der Waals surface area contributed by atoms with Crippen LogP contribution in [0.3, 0.4) is 0 Å². The Bertz CT molecular complexity index is 1930. The molecule has 0 saturated heterocycles. The van der Waals surface area contributed by atoms with Gasteiger partial charge in [-0.15, -0.1) is 5.10 Å². The van der Waals surface area contributed by atoms with E-state index in [1.54, 1.807) is 24.3 Å². The Morgan fingerprint density at radius 3 is 2.48 bits per heavy atom. The summed E-state index contributed by atoms with van der Waals surface area (Å²) in [7, 11) is 0. The first-order valence-electron chi connectivity index (χ1n) is 12.0. The number of benzene rings is 3. The van der Waals surface area contributed by atoms with Gasteiger partial charge in [-0.2, -0.15) is 22.7 Å². The Hall–Kier alpha value is -4.84. The van der Waals surface area contributed by atoms with E-state index in [1.807, 2.05) is 31.2 Å². The summed E-state index contributed by atoms with van der Waals surface area (Å²) in [5, 5.41) is 6.76. The summed E-state index contributed by atoms with van der Waals surface area (Å²) in [5.74, 6) is -0.900. The fraction of sp³-hybridized carbons (Fsp3) is 0.107. The summed E-state index contributed by atoms with van der Waals surface area (Å²) in [4.78, 5) is 45.7. The van der Waals surface area contributed by atoms with Crippen LogP contribution in [-0.2, 0) is 15.8 Å². The van der Waals surface area contributed by atoms with Gasteiger partial charge in [-0.1, -0.05) is 65.4 Å². The summed E-state index contributed by atoms with van der Waals surface area (Å²) in [6, 6.07) is 18.4. The minimum atomic E-state index is -4.57. The van der Waals surface area contributed by atoms with E-state index in [0.29, 0.717) is 22.0 Å². The van der Waals surface area contributed by atoms with Crippen molar-refractivity contribution in [3.05, 3.63) is 104 Å². The van der Waals surface area contributed by atoms with Crippen LogP contribution in [0, 0.1) is 6.92 Å². The highest BCUT2D eigenvalue weighted by Crippen LogP contribution is 2.35. The second-order valence-electron chi connectivity index (χ2n) is 9.14. The summed E-state index contributed by atoms with van der Waals surface area (Å²) in [6.07, 6.45) is -4.57. The number of hydrogen-bond donors (Lipinski definition) is 1. The molecule has 2 aromatic heterocycles. The van der Waals surface area contributed by atoms with E-state index >= 15 is 0 Å². The molecule has 0 saturated carbocycles. The van der Waals surface area contributed by atoms with E-state index in [4.69, 9.17) is 0 Å². The number of hydrogen-bond acceptors (Lipinski definition) is 6. The van der Waals surface area contributed by atoms with Crippen molar-refractivity contribution in [3.63, 3.8) is 0 Å². The summed E-state index contributed by atoms with van der Waals surface area (Å²) >= 11 is 1.02. The number of carbonyl (C=O) groups is 2. The molecule has 0 aliphatic carbocycles. The molecule has 1 aliphatic rings. The molecular formula is C28H18F3N5O3S. The van der Waals surface area contributed by atoms with Crippen molar-refractivity contribution in [1.82, 2.24) is 14.6 Å². The first kappa shape index (κ1) is 25.4. The third-order valence-corrected chi connectivity index (χ3v) is 7.42. The van der Waals surface area contributed by atoms with Crippen molar-refractivity contribution in [2.75, 3.05) is 16.8 Å². The number of alkyl halides is 3. The molecule has 1 aliphatic heterocycles. The van der Waals surface area contributed by atoms with Crippen LogP contribution >= 0.6 is 11.3 Å². The fourth-order valence-electron chi connectivity index (χ4n) is 4.48. The number of nitrogens with zero attached hydrogens (tertiary/aromatic N) is 4. The maximum absolute atomic E-state index is 13.6. The molecule has 0 fully saturated rings. The SMILES string of the molecule is Cc1ccc(-c2nc3sc(=C4C(=O)N(CC(=O)Nc5cccc(C(F)(F)F)c5)c5ccccc54)c(=O)n3n2)cc1. The van der Waals surface area contributed by atoms with Gasteiger partial charge in [-0.25, -0.2) is 0 Å². The predicted molar refractivity (Wildman–Crippen MR) is 144 cm³/mol. The third kappa shape index (κ3) is 4.41. The lowest BCUT2D eigenvalue weighted by Gasteiger charge is -2.17. The van der Waals surface area contributed by atoms with Gasteiger partial charge in [0.1, 0.15) is 11.1 Å². The maximum atomic E-state index is 13.6. The molecule has 0 bridgehead atoms. The van der Waals surface area contributed by atoms with Crippen molar-refractivity contribution in [2.24, 2.45) is 0 Å². The zero-order chi connectivity index (χ0) is 28.2. The molecule has 0 spiro atoms. The van der Waals surface area contributed by atoms with Crippen LogP contribution in [0.4, 0.5) is 24.5 Å². The highest BCUT2D eigenvalue weighted by molar-refractivity contribution is 7.15. The normalized spacial score (nSPS) is 14.6. The van der Waals surface area contributed by atoms with E-state index < -0.39 is 35.7 Å². The van der Waals surface area contributed by atoms with Gasteiger partial charge in [0.15, 0.2) is 5.82 Å². The lowest BCUT2D eigenvalue weighted by molar-refractivity contribution is -0.137. The zero-order valence-electron chi connectivity index (χ0n) is 20.7. The molecule has 40 heavy (non-hydrogen) atoms. The largest absolute Gasteiger partial charge is 0.416 e. The van der Waals surface area contributed by atoms with Crippen molar-refractivity contribution < 1.29 is 22.8 Å². The molecule has 0 atom stereocenters. The van der Waals surface area contributed by atoms with E-state index in [1.165, 1.54) is 17.0 Å². The minimum absolute atomic E-state index is 0.0549. The van der Waals surface area contributed by atoms with Crippen molar-refractivity contribution in [3.8, 4) is 11.4 Å². The fourth-order valence-corrected chi connectivity index (χ4v) is 5.48. The van der Waals surface area contributed by atoms with Crippen LogP contribution in [0.1, 0.15) is 16.7 Å². The van der Waals surface area contributed by atoms with Gasteiger partial charge in [0.25, 0.3) is 11.5 Å². The molecule has 2 amide bonds. The first-order valence-corrected chi connectivity index (χ1v) is 12.8. The summed E-state index contributed by atoms with van der Waals surface area (Å²) in [6.45, 7) is 1.49. The van der Waals surface area contributed by atoms with Gasteiger partial charge < -0.3 is 5.32 Å². The predicted octanol–water partition coefficient (Wildman–Crippen LogP) is 4.05. The average Bonchev–Trinajstić information content (AvgIpc) is 3.55. The molecular weight excluding hydrogens is 543 g/mol. The van der Waals surface area contributed by atoms with E-state index in [0.717, 1.165) is 39.1 Å². The summed E-state index contributed by atoms with van der Waals surface area (Å²) < 4.78 is 40.5. The Morgan fingerprint density at radius 1 is 1.00 bits per heavy atom. The molecule has 1 N–H and O–H groups in total. The number of carbonyl (C=O) groups excluding carboxylic acids is 2. The lowest BCUT2D eigenvalue weighted by Crippen LogP contribution is -2.37. The van der Waals surface area contributed by atoms with Gasteiger partial charge >= 0.3 is 6.18 Å². The van der Waals surface area contributed by atoms with Crippen LogP contribution in [-0.4, -0.2) is 33.0 Å². The Kier molecular flexibility index (Phi) is 5.99. The molecule has 8 nitrogen and oxygen atoms in total. The number of thiazole rings is 1. The topological polar surface area (TPSA) is 96.7 Å². The molecule has 3 aromatic carbocycles. The van der Waals surface area contributed by atoms with Crippen molar-refractivity contribution in [2.45, 2.75) is 13.1 Å². The third-order valence-electron chi connectivity index (χ3n) is 6.39. The highest BCUT2D eigenvalue weighted by atomic mass is 32.1. The van der Waals surface area contributed by atoms with Gasteiger partial charge in [-0.3, -0.25) is 19.3 Å². The molecule has 200 valence electrons. The lowest BCUT2D eigenvalue weighted by atomic mass is 10.1. The second-order valence-corrected chi connectivity index (χ2v) is 10.1. The van der Waals surface area contributed by atoms with Gasteiger partial charge in [0.2, 0.25) is 10.9 Å². The Morgan fingerprint density at radius 2 is 1.75 bits per heavy atom. The van der Waals surface area contributed by atoms with Gasteiger partial charge in [0.05, 0.1) is 16.8 Å². The number of nitrogens with one attached hydrogen (secondary N) is 1. The van der Waals surface area contributed by atoms with Crippen molar-refractivity contribution in [1.29, 1.82) is 0 Å². The average molecular weight is 562 g/mol. The zero-order valence-corrected chi connectivity index (χ0v) is 21.5. The highest BCUT2D eigenvalue weighted by Gasteiger charge is 2.36. The number of para-hydroxylation sites is 1. The first-order chi connectivity index (χ1) is 19.1. The van der Waals surface area contributed by atoms with E-state index in [9.17, 15) is 27.6 Å². The quantitative estimate of drug-likeness (QED) is 0.357. The van der Waals surface area contributed by atoms with E-state index in [2.05, 4.69) is 15.4 Å². The smallest absolute Gasteiger partial charge is 0.325 e. The number of amides is 2. The van der Waals surface area contributed by atoms with Crippen LogP contribution < -0.4 is 20.3 Å². The Balaban J connectivity index is 1.34. The summed E-state index contributed by atoms with van der Waals surface area (Å²) in [5.41, 5.74) is 1.31. The molecule has 0 unspecified atom stereocenters. The van der Waals surface area contributed by atoms with E-state index in [-0.39, 0.29) is 15.8 Å². The molecule has 12 heteroatoms. The van der Waals surface area contributed by atoms with Crippen LogP contribution in [0.2, 0.25) is 0 Å². The number of rotatable bonds is 4. The molecule has 6 rings (SSSR count). The number of anilines is 2. The van der Waals surface area contributed by atoms with Crippen molar-refractivity contribution >= 4 is 45.1 Å². The second kappa shape index (κ2) is 9.42. The monoisotopic (exact) mass is 561 g/mol. The standard InChI is InChI=1S/C28H18F3N5O3S/c1-15-9-11-16(12-10-15)24-33-27-36(34-24)26(39)23(40-27)22-19-7-2-3-8-20(19)35(25(22)38)14-21(37)32-18-6-4-5-17(13-18)28(29,30)31/h2-13H,14H2,1H3,(H,32,37). The number of aromatic nitrogens is 3. The number of halogens is 3. The van der Waals surface area contributed by atoms with Gasteiger partial charge in [-0.05, 0) is 31.2 Å². The van der Waals surface area contributed by atoms with Gasteiger partial charge in [0, 0.05) is 16.8 Å². The number of fused-ring (bicyclic) bond motifs is 2. The molecule has 0 radical (unpaired) electrons. The van der Waals surface area contributed by atoms with Crippen LogP contribution in [0.5, 0.6) is 0 Å². The minimum Gasteiger partial charge on any atom is -0.325 e.